The number of aromatic hydroxyl groups is 1. The lowest BCUT2D eigenvalue weighted by Gasteiger charge is -2.15. The van der Waals surface area contributed by atoms with Crippen molar-refractivity contribution in [2.45, 2.75) is 18.9 Å². The van der Waals surface area contributed by atoms with Crippen molar-refractivity contribution in [1.82, 2.24) is 0 Å². The Bertz CT molecular complexity index is 494. The zero-order chi connectivity index (χ0) is 13.7. The number of ether oxygens (including phenoxy) is 1. The molecule has 18 heavy (non-hydrogen) atoms. The molecule has 0 fully saturated rings. The lowest BCUT2D eigenvalue weighted by molar-refractivity contribution is -0.137. The highest BCUT2D eigenvalue weighted by molar-refractivity contribution is 5.66. The van der Waals surface area contributed by atoms with E-state index in [1.54, 1.807) is 0 Å². The molecule has 0 aliphatic heterocycles. The highest BCUT2D eigenvalue weighted by Crippen LogP contribution is 2.32. The van der Waals surface area contributed by atoms with Gasteiger partial charge in [0.2, 0.25) is 0 Å². The number of benzene rings is 1. The van der Waals surface area contributed by atoms with Gasteiger partial charge in [-0.1, -0.05) is 0 Å². The third kappa shape index (κ3) is 3.12. The molecule has 96 valence electrons. The van der Waals surface area contributed by atoms with Crippen LogP contribution < -0.4 is 10.5 Å². The zero-order valence-corrected chi connectivity index (χ0v) is 9.88. The van der Waals surface area contributed by atoms with Gasteiger partial charge < -0.3 is 20.7 Å². The number of hydrogen-bond acceptors (Lipinski definition) is 5. The van der Waals surface area contributed by atoms with Crippen molar-refractivity contribution in [3.63, 3.8) is 0 Å². The lowest BCUT2D eigenvalue weighted by Crippen LogP contribution is -2.13. The standard InChI is InChI=1S/C12H14N2O4/c1-18-11-5-10(15)7(6-13)4-8(11)9(14)2-3-12(16)17/h4-5,9,15H,2-3,14H2,1H3,(H,16,17). The van der Waals surface area contributed by atoms with E-state index < -0.39 is 12.0 Å². The predicted octanol–water partition coefficient (Wildman–Crippen LogP) is 1.14. The molecule has 1 rings (SSSR count). The van der Waals surface area contributed by atoms with Crippen LogP contribution >= 0.6 is 0 Å². The third-order valence-corrected chi connectivity index (χ3v) is 2.54. The van der Waals surface area contributed by atoms with Crippen molar-refractivity contribution in [1.29, 1.82) is 5.26 Å². The minimum atomic E-state index is -0.941. The quantitative estimate of drug-likeness (QED) is 0.721. The Kier molecular flexibility index (Phi) is 4.52. The minimum Gasteiger partial charge on any atom is -0.506 e. The van der Waals surface area contributed by atoms with Crippen molar-refractivity contribution in [3.05, 3.63) is 23.3 Å². The van der Waals surface area contributed by atoms with E-state index in [4.69, 9.17) is 20.8 Å². The Balaban J connectivity index is 3.06. The molecule has 1 aromatic rings. The number of hydrogen-bond donors (Lipinski definition) is 3. The second-order valence-corrected chi connectivity index (χ2v) is 3.76. The van der Waals surface area contributed by atoms with Crippen LogP contribution in [0.2, 0.25) is 0 Å². The predicted molar refractivity (Wildman–Crippen MR) is 63.2 cm³/mol. The molecule has 0 saturated heterocycles. The van der Waals surface area contributed by atoms with Crippen LogP contribution in [0.1, 0.15) is 30.0 Å². The molecule has 0 spiro atoms. The average molecular weight is 250 g/mol. The number of carboxylic acids is 1. The van der Waals surface area contributed by atoms with Gasteiger partial charge in [0, 0.05) is 24.1 Å². The summed E-state index contributed by atoms with van der Waals surface area (Å²) in [4.78, 5) is 10.5. The Labute approximate surface area is 104 Å². The zero-order valence-electron chi connectivity index (χ0n) is 9.88. The molecule has 6 heteroatoms. The molecule has 0 aromatic heterocycles. The largest absolute Gasteiger partial charge is 0.506 e. The van der Waals surface area contributed by atoms with Gasteiger partial charge in [-0.3, -0.25) is 4.79 Å². The summed E-state index contributed by atoms with van der Waals surface area (Å²) in [5, 5.41) is 26.9. The first kappa shape index (κ1) is 13.8. The van der Waals surface area contributed by atoms with E-state index >= 15 is 0 Å². The lowest BCUT2D eigenvalue weighted by atomic mass is 9.99. The van der Waals surface area contributed by atoms with Gasteiger partial charge in [-0.2, -0.15) is 5.26 Å². The topological polar surface area (TPSA) is 117 Å². The number of methoxy groups -OCH3 is 1. The number of rotatable bonds is 5. The summed E-state index contributed by atoms with van der Waals surface area (Å²) in [6.07, 6.45) is 0.147. The van der Waals surface area contributed by atoms with Crippen LogP contribution in [0.3, 0.4) is 0 Å². The average Bonchev–Trinajstić information content (AvgIpc) is 2.35. The normalized spacial score (nSPS) is 11.6. The molecule has 0 amide bonds. The minimum absolute atomic E-state index is 0.0763. The molecule has 4 N–H and O–H groups in total. The fourth-order valence-corrected chi connectivity index (χ4v) is 1.58. The van der Waals surface area contributed by atoms with Gasteiger partial charge in [-0.25, -0.2) is 0 Å². The summed E-state index contributed by atoms with van der Waals surface area (Å²) in [6, 6.07) is 3.98. The summed E-state index contributed by atoms with van der Waals surface area (Å²) < 4.78 is 5.06. The van der Waals surface area contributed by atoms with Crippen LogP contribution in [0.15, 0.2) is 12.1 Å². The second kappa shape index (κ2) is 5.89. The molecule has 0 bridgehead atoms. The van der Waals surface area contributed by atoms with E-state index in [1.165, 1.54) is 19.2 Å². The van der Waals surface area contributed by atoms with E-state index in [0.29, 0.717) is 11.3 Å². The highest BCUT2D eigenvalue weighted by Gasteiger charge is 2.16. The number of phenolic OH excluding ortho intramolecular Hbond substituents is 1. The van der Waals surface area contributed by atoms with Crippen LogP contribution in [-0.4, -0.2) is 23.3 Å². The SMILES string of the molecule is COc1cc(O)c(C#N)cc1C(N)CCC(=O)O. The smallest absolute Gasteiger partial charge is 0.303 e. The van der Waals surface area contributed by atoms with Crippen LogP contribution in [0.25, 0.3) is 0 Å². The number of aliphatic carboxylic acids is 1. The molecule has 0 aliphatic rings. The molecule has 1 atom stereocenters. The van der Waals surface area contributed by atoms with Crippen molar-refractivity contribution >= 4 is 5.97 Å². The maximum atomic E-state index is 10.5. The molecule has 0 aliphatic carbocycles. The Morgan fingerprint density at radius 2 is 2.28 bits per heavy atom. The second-order valence-electron chi connectivity index (χ2n) is 3.76. The van der Waals surface area contributed by atoms with Gasteiger partial charge in [0.25, 0.3) is 0 Å². The summed E-state index contributed by atoms with van der Waals surface area (Å²) in [6.45, 7) is 0. The summed E-state index contributed by atoms with van der Waals surface area (Å²) >= 11 is 0. The van der Waals surface area contributed by atoms with Gasteiger partial charge in [0.15, 0.2) is 0 Å². The number of carboxylic acid groups (broad SMARTS) is 1. The van der Waals surface area contributed by atoms with Gasteiger partial charge in [0.1, 0.15) is 17.6 Å². The van der Waals surface area contributed by atoms with E-state index in [2.05, 4.69) is 0 Å². The van der Waals surface area contributed by atoms with Gasteiger partial charge >= 0.3 is 5.97 Å². The van der Waals surface area contributed by atoms with Gasteiger partial charge in [-0.15, -0.1) is 0 Å². The summed E-state index contributed by atoms with van der Waals surface area (Å²) in [5.74, 6) is -0.795. The highest BCUT2D eigenvalue weighted by atomic mass is 16.5. The molecule has 1 unspecified atom stereocenters. The number of nitriles is 1. The van der Waals surface area contributed by atoms with E-state index in [1.807, 2.05) is 6.07 Å². The van der Waals surface area contributed by atoms with Crippen molar-refractivity contribution in [2.24, 2.45) is 5.73 Å². The fraction of sp³-hybridized carbons (Fsp3) is 0.333. The van der Waals surface area contributed by atoms with E-state index in [0.717, 1.165) is 0 Å². The monoisotopic (exact) mass is 250 g/mol. The molecular formula is C12H14N2O4. The Morgan fingerprint density at radius 1 is 1.61 bits per heavy atom. The molecule has 0 heterocycles. The Hall–Kier alpha value is -2.26. The molecular weight excluding hydrogens is 236 g/mol. The molecule has 0 saturated carbocycles. The van der Waals surface area contributed by atoms with Crippen molar-refractivity contribution in [2.75, 3.05) is 7.11 Å². The fourth-order valence-electron chi connectivity index (χ4n) is 1.58. The van der Waals surface area contributed by atoms with Crippen LogP contribution in [0.4, 0.5) is 0 Å². The Morgan fingerprint density at radius 3 is 2.78 bits per heavy atom. The van der Waals surface area contributed by atoms with E-state index in [-0.39, 0.29) is 24.2 Å². The summed E-state index contributed by atoms with van der Waals surface area (Å²) in [7, 11) is 1.41. The van der Waals surface area contributed by atoms with Crippen molar-refractivity contribution in [3.8, 4) is 17.6 Å². The third-order valence-electron chi connectivity index (χ3n) is 2.54. The van der Waals surface area contributed by atoms with Gasteiger partial charge in [0.05, 0.1) is 12.7 Å². The maximum absolute atomic E-state index is 10.5. The number of nitrogens with zero attached hydrogens (tertiary/aromatic N) is 1. The van der Waals surface area contributed by atoms with E-state index in [9.17, 15) is 9.90 Å². The first-order valence-electron chi connectivity index (χ1n) is 5.28. The maximum Gasteiger partial charge on any atom is 0.303 e. The summed E-state index contributed by atoms with van der Waals surface area (Å²) in [5.41, 5.74) is 6.45. The number of phenols is 1. The van der Waals surface area contributed by atoms with Crippen LogP contribution in [0.5, 0.6) is 11.5 Å². The van der Waals surface area contributed by atoms with Crippen molar-refractivity contribution < 1.29 is 19.7 Å². The van der Waals surface area contributed by atoms with Gasteiger partial charge in [-0.05, 0) is 12.5 Å². The molecule has 1 aromatic carbocycles. The van der Waals surface area contributed by atoms with Crippen LogP contribution in [-0.2, 0) is 4.79 Å². The first-order chi connectivity index (χ1) is 8.49. The number of nitrogens with two attached hydrogens (primary N) is 1. The van der Waals surface area contributed by atoms with Crippen LogP contribution in [0, 0.1) is 11.3 Å². The first-order valence-corrected chi connectivity index (χ1v) is 5.28. The number of carbonyl (C=O) groups is 1. The molecule has 6 nitrogen and oxygen atoms in total. The molecule has 0 radical (unpaired) electrons.